The number of sulfonamides is 1. The Morgan fingerprint density at radius 1 is 1.07 bits per heavy atom. The summed E-state index contributed by atoms with van der Waals surface area (Å²) in [5.41, 5.74) is 0.745. The standard InChI is InChI=1S/C24H18ClF4NO3S.C8H13NO2/c1-15(23-19(25)6-3-7-20(23)26)12-16-8-9-22-21(13-16)30(10-11-33-22)34(31,32)18-5-2-4-17(14-18)24(27,28)29;1-2-7(10)9-3-8(4-9)5-11-6-8/h2-9,12-14H,10-11H2,1H3;2-6H2,1H3/b15-12+;. The predicted molar refractivity (Wildman–Crippen MR) is 163 cm³/mol. The predicted octanol–water partition coefficient (Wildman–Crippen LogP) is 6.90. The zero-order valence-electron chi connectivity index (χ0n) is 24.5. The number of allylic oxidation sites excluding steroid dienone is 1. The van der Waals surface area contributed by atoms with E-state index in [-0.39, 0.29) is 41.1 Å². The Hall–Kier alpha value is -3.61. The van der Waals surface area contributed by atoms with Crippen molar-refractivity contribution in [1.29, 1.82) is 0 Å². The Morgan fingerprint density at radius 3 is 2.40 bits per heavy atom. The fourth-order valence-electron chi connectivity index (χ4n) is 5.44. The molecule has 3 aromatic carbocycles. The second kappa shape index (κ2) is 12.6. The molecule has 3 aliphatic rings. The van der Waals surface area contributed by atoms with Gasteiger partial charge >= 0.3 is 6.18 Å². The number of alkyl halides is 3. The molecule has 0 aliphatic carbocycles. The van der Waals surface area contributed by atoms with Gasteiger partial charge in [0.1, 0.15) is 18.2 Å². The van der Waals surface area contributed by atoms with Crippen molar-refractivity contribution >= 4 is 44.9 Å². The monoisotopic (exact) mass is 666 g/mol. The molecular weight excluding hydrogens is 636 g/mol. The molecule has 6 rings (SSSR count). The largest absolute Gasteiger partial charge is 0.489 e. The van der Waals surface area contributed by atoms with E-state index < -0.39 is 32.5 Å². The highest BCUT2D eigenvalue weighted by molar-refractivity contribution is 7.92. The van der Waals surface area contributed by atoms with E-state index in [2.05, 4.69) is 0 Å². The first-order valence-corrected chi connectivity index (χ1v) is 16.0. The molecule has 0 N–H and O–H groups in total. The summed E-state index contributed by atoms with van der Waals surface area (Å²) < 4.78 is 92.0. The number of benzene rings is 3. The van der Waals surface area contributed by atoms with Crippen LogP contribution in [0.4, 0.5) is 23.2 Å². The number of fused-ring (bicyclic) bond motifs is 1. The molecule has 1 spiro atoms. The molecule has 2 fully saturated rings. The van der Waals surface area contributed by atoms with Gasteiger partial charge in [0.05, 0.1) is 46.3 Å². The maximum Gasteiger partial charge on any atom is 0.416 e. The van der Waals surface area contributed by atoms with Crippen LogP contribution in [-0.4, -0.2) is 58.7 Å². The average Bonchev–Trinajstić information content (AvgIpc) is 2.95. The van der Waals surface area contributed by atoms with Gasteiger partial charge in [-0.3, -0.25) is 9.10 Å². The molecule has 13 heteroatoms. The van der Waals surface area contributed by atoms with Gasteiger partial charge in [-0.1, -0.05) is 42.8 Å². The van der Waals surface area contributed by atoms with Crippen LogP contribution in [0.5, 0.6) is 5.75 Å². The third-order valence-corrected chi connectivity index (χ3v) is 9.94. The highest BCUT2D eigenvalue weighted by atomic mass is 35.5. The first kappa shape index (κ1) is 32.8. The number of hydrogen-bond donors (Lipinski definition) is 0. The minimum atomic E-state index is -4.68. The average molecular weight is 667 g/mol. The summed E-state index contributed by atoms with van der Waals surface area (Å²) in [7, 11) is -4.32. The van der Waals surface area contributed by atoms with Crippen LogP contribution >= 0.6 is 11.6 Å². The van der Waals surface area contributed by atoms with Gasteiger partial charge in [0.15, 0.2) is 0 Å². The molecule has 3 aromatic rings. The molecule has 3 aliphatic heterocycles. The zero-order valence-corrected chi connectivity index (χ0v) is 26.1. The number of halogens is 5. The minimum absolute atomic E-state index is 0.0320. The summed E-state index contributed by atoms with van der Waals surface area (Å²) in [4.78, 5) is 12.5. The molecule has 1 amide bonds. The molecule has 0 saturated carbocycles. The van der Waals surface area contributed by atoms with Crippen LogP contribution < -0.4 is 9.04 Å². The van der Waals surface area contributed by atoms with Crippen molar-refractivity contribution in [2.45, 2.75) is 31.3 Å². The third kappa shape index (κ3) is 6.83. The molecule has 240 valence electrons. The Bertz CT molecular complexity index is 1710. The Kier molecular flexibility index (Phi) is 9.21. The fourth-order valence-corrected chi connectivity index (χ4v) is 7.25. The van der Waals surface area contributed by atoms with E-state index in [0.29, 0.717) is 29.0 Å². The number of hydrogen-bond acceptors (Lipinski definition) is 5. The SMILES string of the molecule is C/C(=C\c1ccc2c(c1)N(S(=O)(=O)c1cccc(C(F)(F)F)c1)CCO2)c1c(F)cccc1Cl.CCC(=O)N1CC2(COC2)C1. The molecule has 2 saturated heterocycles. The van der Waals surface area contributed by atoms with Gasteiger partial charge in [-0.2, -0.15) is 13.2 Å². The van der Waals surface area contributed by atoms with Crippen molar-refractivity contribution in [2.24, 2.45) is 5.41 Å². The third-order valence-electron chi connectivity index (χ3n) is 7.82. The van der Waals surface area contributed by atoms with Crippen LogP contribution in [0, 0.1) is 11.2 Å². The molecular formula is C32H31ClF4N2O5S. The van der Waals surface area contributed by atoms with E-state index in [0.717, 1.165) is 48.8 Å². The molecule has 0 bridgehead atoms. The van der Waals surface area contributed by atoms with Crippen LogP contribution in [-0.2, 0) is 25.7 Å². The van der Waals surface area contributed by atoms with Crippen LogP contribution in [0.2, 0.25) is 5.02 Å². The number of carbonyl (C=O) groups excluding carboxylic acids is 1. The number of amides is 1. The van der Waals surface area contributed by atoms with Gasteiger partial charge in [-0.15, -0.1) is 0 Å². The van der Waals surface area contributed by atoms with Gasteiger partial charge in [-0.25, -0.2) is 12.8 Å². The van der Waals surface area contributed by atoms with Gasteiger partial charge in [0.25, 0.3) is 10.0 Å². The lowest BCUT2D eigenvalue weighted by molar-refractivity contribution is -0.194. The van der Waals surface area contributed by atoms with Gasteiger partial charge < -0.3 is 14.4 Å². The Balaban J connectivity index is 0.000000304. The van der Waals surface area contributed by atoms with E-state index in [1.807, 2.05) is 11.8 Å². The second-order valence-corrected chi connectivity index (χ2v) is 13.5. The normalized spacial score (nSPS) is 17.4. The smallest absolute Gasteiger partial charge is 0.416 e. The summed E-state index contributed by atoms with van der Waals surface area (Å²) in [6, 6.07) is 12.7. The summed E-state index contributed by atoms with van der Waals surface area (Å²) in [6.45, 7) is 7.10. The van der Waals surface area contributed by atoms with Crippen molar-refractivity contribution in [3.8, 4) is 5.75 Å². The zero-order chi connectivity index (χ0) is 32.6. The number of anilines is 1. The van der Waals surface area contributed by atoms with Gasteiger partial charge in [-0.05, 0) is 60.5 Å². The summed E-state index contributed by atoms with van der Waals surface area (Å²) in [5, 5.41) is 0.226. The van der Waals surface area contributed by atoms with Crippen molar-refractivity contribution in [3.63, 3.8) is 0 Å². The van der Waals surface area contributed by atoms with Crippen molar-refractivity contribution in [3.05, 3.63) is 88.2 Å². The van der Waals surface area contributed by atoms with Gasteiger partial charge in [0, 0.05) is 25.1 Å². The van der Waals surface area contributed by atoms with Crippen LogP contribution in [0.25, 0.3) is 11.6 Å². The molecule has 45 heavy (non-hydrogen) atoms. The fraction of sp³-hybridized carbons (Fsp3) is 0.344. The molecule has 0 radical (unpaired) electrons. The van der Waals surface area contributed by atoms with E-state index in [4.69, 9.17) is 21.1 Å². The van der Waals surface area contributed by atoms with Crippen molar-refractivity contribution in [2.75, 3.05) is 43.8 Å². The van der Waals surface area contributed by atoms with E-state index in [9.17, 15) is 30.8 Å². The van der Waals surface area contributed by atoms with E-state index in [1.165, 1.54) is 18.2 Å². The lowest BCUT2D eigenvalue weighted by Gasteiger charge is -2.54. The van der Waals surface area contributed by atoms with E-state index in [1.54, 1.807) is 31.2 Å². The van der Waals surface area contributed by atoms with E-state index >= 15 is 0 Å². The Labute approximate surface area is 264 Å². The van der Waals surface area contributed by atoms with Crippen LogP contribution in [0.15, 0.2) is 65.6 Å². The van der Waals surface area contributed by atoms with Crippen LogP contribution in [0.1, 0.15) is 37.0 Å². The van der Waals surface area contributed by atoms with Crippen molar-refractivity contribution in [1.82, 2.24) is 4.90 Å². The topological polar surface area (TPSA) is 76.2 Å². The quantitative estimate of drug-likeness (QED) is 0.219. The molecule has 7 nitrogen and oxygen atoms in total. The van der Waals surface area contributed by atoms with Crippen LogP contribution in [0.3, 0.4) is 0 Å². The molecule has 0 unspecified atom stereocenters. The number of ether oxygens (including phenoxy) is 2. The highest BCUT2D eigenvalue weighted by Gasteiger charge is 2.50. The molecule has 3 heterocycles. The summed E-state index contributed by atoms with van der Waals surface area (Å²) in [5.74, 6) is 0.0411. The van der Waals surface area contributed by atoms with Gasteiger partial charge in [0.2, 0.25) is 5.91 Å². The lowest BCUT2D eigenvalue weighted by atomic mass is 9.78. The first-order valence-electron chi connectivity index (χ1n) is 14.2. The van der Waals surface area contributed by atoms with Crippen molar-refractivity contribution < 1.29 is 40.2 Å². The summed E-state index contributed by atoms with van der Waals surface area (Å²) >= 11 is 6.13. The molecule has 0 atom stereocenters. The number of rotatable bonds is 5. The maximum absolute atomic E-state index is 14.3. The number of carbonyl (C=O) groups is 1. The lowest BCUT2D eigenvalue weighted by Crippen LogP contribution is -2.67. The molecule has 0 aromatic heterocycles. The first-order chi connectivity index (χ1) is 21.2. The minimum Gasteiger partial charge on any atom is -0.489 e. The highest BCUT2D eigenvalue weighted by Crippen LogP contribution is 2.39. The Morgan fingerprint density at radius 2 is 1.78 bits per heavy atom. The second-order valence-electron chi connectivity index (χ2n) is 11.2. The number of likely N-dealkylation sites (tertiary alicyclic amines) is 1. The number of nitrogens with zero attached hydrogens (tertiary/aromatic N) is 2. The maximum atomic E-state index is 14.3. The summed E-state index contributed by atoms with van der Waals surface area (Å²) in [6.07, 6.45) is -2.41.